The number of para-hydroxylation sites is 1. The van der Waals surface area contributed by atoms with E-state index in [0.717, 1.165) is 5.69 Å². The molecule has 0 heterocycles. The summed E-state index contributed by atoms with van der Waals surface area (Å²) in [7, 11) is -1.84. The highest BCUT2D eigenvalue weighted by Gasteiger charge is 2.39. The Labute approximate surface area is 112 Å². The minimum absolute atomic E-state index is 0.160. The standard InChI is InChI=1S/C15H23NOSi/c1-7-14(16-13-11-9-8-10-12-13)17-18(5,6)15(2,3)4/h7-12H,1H2,2-6H3. The van der Waals surface area contributed by atoms with Gasteiger partial charge in [0.1, 0.15) is 0 Å². The van der Waals surface area contributed by atoms with E-state index in [1.54, 1.807) is 6.08 Å². The van der Waals surface area contributed by atoms with E-state index in [0.29, 0.717) is 5.90 Å². The highest BCUT2D eigenvalue weighted by molar-refractivity contribution is 6.75. The second kappa shape index (κ2) is 5.53. The van der Waals surface area contributed by atoms with E-state index < -0.39 is 8.32 Å². The number of nitrogens with zero attached hydrogens (tertiary/aromatic N) is 1. The van der Waals surface area contributed by atoms with Gasteiger partial charge in [-0.05, 0) is 36.3 Å². The summed E-state index contributed by atoms with van der Waals surface area (Å²) in [4.78, 5) is 4.49. The lowest BCUT2D eigenvalue weighted by molar-refractivity contribution is 0.489. The third kappa shape index (κ3) is 3.84. The van der Waals surface area contributed by atoms with Gasteiger partial charge in [0.2, 0.25) is 0 Å². The highest BCUT2D eigenvalue weighted by atomic mass is 28.4. The average molecular weight is 261 g/mol. The van der Waals surface area contributed by atoms with Crippen molar-refractivity contribution < 1.29 is 4.43 Å². The van der Waals surface area contributed by atoms with Crippen molar-refractivity contribution in [1.82, 2.24) is 0 Å². The predicted molar refractivity (Wildman–Crippen MR) is 82.0 cm³/mol. The van der Waals surface area contributed by atoms with E-state index in [4.69, 9.17) is 4.43 Å². The quantitative estimate of drug-likeness (QED) is 0.430. The van der Waals surface area contributed by atoms with Crippen LogP contribution >= 0.6 is 0 Å². The molecule has 0 atom stereocenters. The molecule has 0 aliphatic heterocycles. The van der Waals surface area contributed by atoms with Crippen molar-refractivity contribution >= 4 is 19.9 Å². The van der Waals surface area contributed by atoms with Crippen LogP contribution < -0.4 is 0 Å². The van der Waals surface area contributed by atoms with Gasteiger partial charge in [0.05, 0.1) is 5.69 Å². The average Bonchev–Trinajstić information content (AvgIpc) is 2.27. The van der Waals surface area contributed by atoms with E-state index >= 15 is 0 Å². The molecule has 98 valence electrons. The van der Waals surface area contributed by atoms with Crippen molar-refractivity contribution in [1.29, 1.82) is 0 Å². The summed E-state index contributed by atoms with van der Waals surface area (Å²) >= 11 is 0. The Morgan fingerprint density at radius 2 is 1.78 bits per heavy atom. The molecule has 1 rings (SSSR count). The van der Waals surface area contributed by atoms with Gasteiger partial charge in [-0.2, -0.15) is 0 Å². The number of rotatable bonds is 3. The molecule has 0 N–H and O–H groups in total. The molecular weight excluding hydrogens is 238 g/mol. The normalized spacial score (nSPS) is 13.3. The van der Waals surface area contributed by atoms with Gasteiger partial charge in [-0.1, -0.05) is 45.5 Å². The number of benzene rings is 1. The number of hydrogen-bond acceptors (Lipinski definition) is 2. The van der Waals surface area contributed by atoms with Gasteiger partial charge in [-0.15, -0.1) is 0 Å². The summed E-state index contributed by atoms with van der Waals surface area (Å²) in [6.07, 6.45) is 1.69. The molecule has 0 bridgehead atoms. The zero-order valence-electron chi connectivity index (χ0n) is 12.0. The van der Waals surface area contributed by atoms with Crippen molar-refractivity contribution in [2.24, 2.45) is 4.99 Å². The van der Waals surface area contributed by atoms with Crippen LogP contribution in [0.2, 0.25) is 18.1 Å². The molecule has 0 radical (unpaired) electrons. The SMILES string of the molecule is C=CC(=Nc1ccccc1)O[Si](C)(C)C(C)(C)C. The minimum Gasteiger partial charge on any atom is -0.531 e. The smallest absolute Gasteiger partial charge is 0.252 e. The largest absolute Gasteiger partial charge is 0.531 e. The maximum atomic E-state index is 6.13. The molecule has 0 aromatic heterocycles. The molecule has 0 unspecified atom stereocenters. The summed E-state index contributed by atoms with van der Waals surface area (Å²) in [5.41, 5.74) is 0.895. The van der Waals surface area contributed by atoms with Crippen molar-refractivity contribution in [3.8, 4) is 0 Å². The minimum atomic E-state index is -1.84. The van der Waals surface area contributed by atoms with Crippen LogP contribution in [-0.4, -0.2) is 14.2 Å². The first-order valence-electron chi connectivity index (χ1n) is 6.21. The lowest BCUT2D eigenvalue weighted by Crippen LogP contribution is -2.42. The second-order valence-corrected chi connectivity index (χ2v) is 10.6. The fraction of sp³-hybridized carbons (Fsp3) is 0.400. The first-order valence-corrected chi connectivity index (χ1v) is 9.12. The molecule has 0 fully saturated rings. The molecule has 3 heteroatoms. The maximum Gasteiger partial charge on any atom is 0.252 e. The Morgan fingerprint density at radius 3 is 2.22 bits per heavy atom. The van der Waals surface area contributed by atoms with Gasteiger partial charge in [-0.25, -0.2) is 4.99 Å². The predicted octanol–water partition coefficient (Wildman–Crippen LogP) is 4.92. The monoisotopic (exact) mass is 261 g/mol. The Bertz CT molecular complexity index is 430. The van der Waals surface area contributed by atoms with Crippen LogP contribution in [0, 0.1) is 0 Å². The maximum absolute atomic E-state index is 6.13. The van der Waals surface area contributed by atoms with Gasteiger partial charge < -0.3 is 4.43 Å². The molecule has 0 saturated carbocycles. The molecule has 2 nitrogen and oxygen atoms in total. The summed E-state index contributed by atoms with van der Waals surface area (Å²) in [5.74, 6) is 0.618. The molecule has 0 saturated heterocycles. The third-order valence-corrected chi connectivity index (χ3v) is 7.67. The van der Waals surface area contributed by atoms with E-state index in [-0.39, 0.29) is 5.04 Å². The molecule has 1 aromatic rings. The van der Waals surface area contributed by atoms with Crippen molar-refractivity contribution in [2.75, 3.05) is 0 Å². The van der Waals surface area contributed by atoms with Crippen LogP contribution in [0.3, 0.4) is 0 Å². The molecule has 0 amide bonds. The molecule has 0 spiro atoms. The molecule has 1 aromatic carbocycles. The molecule has 0 aliphatic rings. The van der Waals surface area contributed by atoms with Gasteiger partial charge in [0.25, 0.3) is 8.32 Å². The van der Waals surface area contributed by atoms with E-state index in [1.807, 2.05) is 30.3 Å². The van der Waals surface area contributed by atoms with Gasteiger partial charge in [-0.3, -0.25) is 0 Å². The molecule has 0 aliphatic carbocycles. The zero-order chi connectivity index (χ0) is 13.8. The molecular formula is C15H23NOSi. The van der Waals surface area contributed by atoms with E-state index in [2.05, 4.69) is 45.4 Å². The molecule has 18 heavy (non-hydrogen) atoms. The van der Waals surface area contributed by atoms with Crippen LogP contribution in [0.5, 0.6) is 0 Å². The first kappa shape index (κ1) is 14.7. The van der Waals surface area contributed by atoms with Gasteiger partial charge >= 0.3 is 0 Å². The fourth-order valence-electron chi connectivity index (χ4n) is 1.15. The van der Waals surface area contributed by atoms with E-state index in [1.165, 1.54) is 0 Å². The van der Waals surface area contributed by atoms with Crippen LogP contribution in [0.25, 0.3) is 0 Å². The van der Waals surface area contributed by atoms with Crippen molar-refractivity contribution in [3.05, 3.63) is 43.0 Å². The third-order valence-electron chi connectivity index (χ3n) is 3.34. The lowest BCUT2D eigenvalue weighted by atomic mass is 10.2. The Balaban J connectivity index is 2.93. The van der Waals surface area contributed by atoms with Crippen molar-refractivity contribution in [2.45, 2.75) is 38.9 Å². The summed E-state index contributed by atoms with van der Waals surface area (Å²) in [6, 6.07) is 9.82. The summed E-state index contributed by atoms with van der Waals surface area (Å²) < 4.78 is 6.13. The van der Waals surface area contributed by atoms with Gasteiger partial charge in [0, 0.05) is 0 Å². The zero-order valence-corrected chi connectivity index (χ0v) is 13.0. The fourth-order valence-corrected chi connectivity index (χ4v) is 2.11. The lowest BCUT2D eigenvalue weighted by Gasteiger charge is -2.36. The van der Waals surface area contributed by atoms with Crippen LogP contribution in [0.1, 0.15) is 20.8 Å². The number of aliphatic imine (C=N–C) groups is 1. The van der Waals surface area contributed by atoms with Gasteiger partial charge in [0.15, 0.2) is 5.90 Å². The first-order chi connectivity index (χ1) is 8.26. The Kier molecular flexibility index (Phi) is 4.51. The Morgan fingerprint density at radius 1 is 1.22 bits per heavy atom. The highest BCUT2D eigenvalue weighted by Crippen LogP contribution is 2.36. The topological polar surface area (TPSA) is 21.6 Å². The van der Waals surface area contributed by atoms with E-state index in [9.17, 15) is 0 Å². The summed E-state index contributed by atoms with van der Waals surface area (Å²) in [5, 5.41) is 0.160. The van der Waals surface area contributed by atoms with Crippen LogP contribution in [0.4, 0.5) is 5.69 Å². The van der Waals surface area contributed by atoms with Crippen molar-refractivity contribution in [3.63, 3.8) is 0 Å². The number of hydrogen-bond donors (Lipinski definition) is 0. The van der Waals surface area contributed by atoms with Crippen LogP contribution in [-0.2, 0) is 4.43 Å². The summed E-state index contributed by atoms with van der Waals surface area (Å²) in [6.45, 7) is 14.8. The second-order valence-electron chi connectivity index (χ2n) is 5.85. The Hall–Kier alpha value is -1.35. The van der Waals surface area contributed by atoms with Crippen LogP contribution in [0.15, 0.2) is 48.0 Å².